The lowest BCUT2D eigenvalue weighted by Gasteiger charge is -2.26. The summed E-state index contributed by atoms with van der Waals surface area (Å²) in [6, 6.07) is 5.50. The maximum Gasteiger partial charge on any atom is 0.416 e. The van der Waals surface area contributed by atoms with E-state index in [9.17, 15) is 18.3 Å². The lowest BCUT2D eigenvalue weighted by molar-refractivity contribution is -0.138. The van der Waals surface area contributed by atoms with Gasteiger partial charge in [-0.25, -0.2) is 0 Å². The Morgan fingerprint density at radius 2 is 1.72 bits per heavy atom. The van der Waals surface area contributed by atoms with Crippen molar-refractivity contribution in [3.05, 3.63) is 35.4 Å². The standard InChI is InChI=1S/C13H18F3NO/c1-12(2,18)9-17(3)8-10-6-4-5-7-11(10)13(14,15)16/h4-7,18H,8-9H2,1-3H3. The molecule has 0 heterocycles. The Balaban J connectivity index is 2.85. The number of alkyl halides is 3. The normalized spacial score (nSPS) is 13.1. The Morgan fingerprint density at radius 3 is 2.22 bits per heavy atom. The molecule has 2 nitrogen and oxygen atoms in total. The van der Waals surface area contributed by atoms with Crippen LogP contribution in [-0.2, 0) is 12.7 Å². The quantitative estimate of drug-likeness (QED) is 0.900. The summed E-state index contributed by atoms with van der Waals surface area (Å²) in [6.45, 7) is 3.71. The van der Waals surface area contributed by atoms with E-state index in [1.165, 1.54) is 12.1 Å². The van der Waals surface area contributed by atoms with Gasteiger partial charge in [0.05, 0.1) is 11.2 Å². The summed E-state index contributed by atoms with van der Waals surface area (Å²) >= 11 is 0. The molecule has 5 heteroatoms. The zero-order valence-corrected chi connectivity index (χ0v) is 10.8. The Hall–Kier alpha value is -1.07. The van der Waals surface area contributed by atoms with Gasteiger partial charge in [0.2, 0.25) is 0 Å². The van der Waals surface area contributed by atoms with E-state index in [0.29, 0.717) is 6.54 Å². The summed E-state index contributed by atoms with van der Waals surface area (Å²) in [7, 11) is 1.69. The van der Waals surface area contributed by atoms with Crippen molar-refractivity contribution >= 4 is 0 Å². The SMILES string of the molecule is CN(Cc1ccccc1C(F)(F)F)CC(C)(C)O. The van der Waals surface area contributed by atoms with Crippen molar-refractivity contribution in [2.45, 2.75) is 32.2 Å². The molecule has 0 aliphatic heterocycles. The predicted octanol–water partition coefficient (Wildman–Crippen LogP) is 2.91. The van der Waals surface area contributed by atoms with Crippen LogP contribution in [-0.4, -0.2) is 29.2 Å². The number of hydrogen-bond donors (Lipinski definition) is 1. The van der Waals surface area contributed by atoms with E-state index in [2.05, 4.69) is 0 Å². The van der Waals surface area contributed by atoms with Crippen LogP contribution in [0, 0.1) is 0 Å². The van der Waals surface area contributed by atoms with Gasteiger partial charge in [-0.3, -0.25) is 4.90 Å². The number of halogens is 3. The molecule has 0 saturated heterocycles. The van der Waals surface area contributed by atoms with E-state index < -0.39 is 17.3 Å². The van der Waals surface area contributed by atoms with Crippen molar-refractivity contribution in [3.8, 4) is 0 Å². The second-order valence-corrected chi connectivity index (χ2v) is 5.14. The molecule has 0 fully saturated rings. The van der Waals surface area contributed by atoms with Gasteiger partial charge in [-0.05, 0) is 32.5 Å². The molecule has 0 saturated carbocycles. The first-order valence-corrected chi connectivity index (χ1v) is 5.65. The minimum atomic E-state index is -4.34. The van der Waals surface area contributed by atoms with Crippen molar-refractivity contribution in [1.82, 2.24) is 4.90 Å². The molecular formula is C13H18F3NO. The third-order valence-electron chi connectivity index (χ3n) is 2.42. The van der Waals surface area contributed by atoms with E-state index >= 15 is 0 Å². The van der Waals surface area contributed by atoms with Crippen molar-refractivity contribution in [2.24, 2.45) is 0 Å². The first-order chi connectivity index (χ1) is 8.09. The topological polar surface area (TPSA) is 23.5 Å². The molecule has 18 heavy (non-hydrogen) atoms. The van der Waals surface area contributed by atoms with Crippen LogP contribution < -0.4 is 0 Å². The molecule has 0 spiro atoms. The van der Waals surface area contributed by atoms with Gasteiger partial charge in [0.25, 0.3) is 0 Å². The highest BCUT2D eigenvalue weighted by Gasteiger charge is 2.33. The highest BCUT2D eigenvalue weighted by molar-refractivity contribution is 5.29. The predicted molar refractivity (Wildman–Crippen MR) is 64.1 cm³/mol. The van der Waals surface area contributed by atoms with Crippen molar-refractivity contribution in [1.29, 1.82) is 0 Å². The van der Waals surface area contributed by atoms with E-state index in [1.807, 2.05) is 0 Å². The molecule has 0 amide bonds. The number of likely N-dealkylation sites (N-methyl/N-ethyl adjacent to an activating group) is 1. The molecule has 0 aromatic heterocycles. The highest BCUT2D eigenvalue weighted by Crippen LogP contribution is 2.32. The van der Waals surface area contributed by atoms with Crippen molar-refractivity contribution < 1.29 is 18.3 Å². The van der Waals surface area contributed by atoms with Crippen LogP contribution in [0.5, 0.6) is 0 Å². The smallest absolute Gasteiger partial charge is 0.389 e. The summed E-state index contributed by atoms with van der Waals surface area (Å²) in [4.78, 5) is 1.67. The van der Waals surface area contributed by atoms with Gasteiger partial charge in [0, 0.05) is 13.1 Å². The van der Waals surface area contributed by atoms with E-state index in [-0.39, 0.29) is 12.1 Å². The lowest BCUT2D eigenvalue weighted by Crippen LogP contribution is -2.36. The maximum absolute atomic E-state index is 12.8. The van der Waals surface area contributed by atoms with Gasteiger partial charge < -0.3 is 5.11 Å². The molecule has 1 N–H and O–H groups in total. The highest BCUT2D eigenvalue weighted by atomic mass is 19.4. The Morgan fingerprint density at radius 1 is 1.17 bits per heavy atom. The molecular weight excluding hydrogens is 243 g/mol. The van der Waals surface area contributed by atoms with Crippen LogP contribution >= 0.6 is 0 Å². The van der Waals surface area contributed by atoms with Crippen LogP contribution in [0.4, 0.5) is 13.2 Å². The van der Waals surface area contributed by atoms with Gasteiger partial charge in [0.1, 0.15) is 0 Å². The maximum atomic E-state index is 12.8. The van der Waals surface area contributed by atoms with Gasteiger partial charge in [-0.2, -0.15) is 13.2 Å². The number of aliphatic hydroxyl groups is 1. The first-order valence-electron chi connectivity index (χ1n) is 5.65. The van der Waals surface area contributed by atoms with E-state index in [0.717, 1.165) is 6.07 Å². The summed E-state index contributed by atoms with van der Waals surface area (Å²) in [6.07, 6.45) is -4.34. The summed E-state index contributed by atoms with van der Waals surface area (Å²) in [5.41, 5.74) is -1.33. The molecule has 0 bridgehead atoms. The third-order valence-corrected chi connectivity index (χ3v) is 2.42. The fraction of sp³-hybridized carbons (Fsp3) is 0.538. The average Bonchev–Trinajstić information content (AvgIpc) is 2.13. The Bertz CT molecular complexity index is 396. The number of hydrogen-bond acceptors (Lipinski definition) is 2. The van der Waals surface area contributed by atoms with Gasteiger partial charge in [-0.15, -0.1) is 0 Å². The van der Waals surface area contributed by atoms with Crippen LogP contribution in [0.3, 0.4) is 0 Å². The summed E-state index contributed by atoms with van der Waals surface area (Å²) in [5.74, 6) is 0. The molecule has 102 valence electrons. The molecule has 1 rings (SSSR count). The van der Waals surface area contributed by atoms with Gasteiger partial charge in [0.15, 0.2) is 0 Å². The first kappa shape index (κ1) is 15.0. The zero-order valence-electron chi connectivity index (χ0n) is 10.8. The number of rotatable bonds is 4. The molecule has 0 unspecified atom stereocenters. The molecule has 0 aliphatic carbocycles. The van der Waals surface area contributed by atoms with Gasteiger partial charge >= 0.3 is 6.18 Å². The fourth-order valence-corrected chi connectivity index (χ4v) is 1.94. The molecule has 0 aliphatic rings. The van der Waals surface area contributed by atoms with Crippen molar-refractivity contribution in [2.75, 3.05) is 13.6 Å². The zero-order chi connectivity index (χ0) is 14.0. The van der Waals surface area contributed by atoms with Gasteiger partial charge in [-0.1, -0.05) is 18.2 Å². The number of nitrogens with zero attached hydrogens (tertiary/aromatic N) is 1. The summed E-state index contributed by atoms with van der Waals surface area (Å²) in [5, 5.41) is 9.63. The Labute approximate surface area is 105 Å². The number of benzene rings is 1. The monoisotopic (exact) mass is 261 g/mol. The average molecular weight is 261 g/mol. The largest absolute Gasteiger partial charge is 0.416 e. The Kier molecular flexibility index (Phi) is 4.40. The van der Waals surface area contributed by atoms with Crippen molar-refractivity contribution in [3.63, 3.8) is 0 Å². The fourth-order valence-electron chi connectivity index (χ4n) is 1.94. The lowest BCUT2D eigenvalue weighted by atomic mass is 10.1. The van der Waals surface area contributed by atoms with E-state index in [4.69, 9.17) is 0 Å². The van der Waals surface area contributed by atoms with Crippen LogP contribution in [0.1, 0.15) is 25.0 Å². The summed E-state index contributed by atoms with van der Waals surface area (Å²) < 4.78 is 38.3. The molecule has 1 aromatic carbocycles. The molecule has 1 aromatic rings. The minimum absolute atomic E-state index is 0.152. The third kappa shape index (κ3) is 4.66. The second-order valence-electron chi connectivity index (χ2n) is 5.14. The molecule has 0 atom stereocenters. The van der Waals surface area contributed by atoms with E-state index in [1.54, 1.807) is 31.9 Å². The van der Waals surface area contributed by atoms with Crippen LogP contribution in [0.2, 0.25) is 0 Å². The molecule has 0 radical (unpaired) electrons. The minimum Gasteiger partial charge on any atom is -0.389 e. The van der Waals surface area contributed by atoms with Crippen LogP contribution in [0.15, 0.2) is 24.3 Å². The second kappa shape index (κ2) is 5.28. The van der Waals surface area contributed by atoms with Crippen LogP contribution in [0.25, 0.3) is 0 Å².